The summed E-state index contributed by atoms with van der Waals surface area (Å²) in [5.74, 6) is -1.95. The molecule has 2 fully saturated rings. The number of nitrogens with zero attached hydrogens (tertiary/aromatic N) is 3. The molecule has 0 bridgehead atoms. The first-order valence-electron chi connectivity index (χ1n) is 14.5. The minimum Gasteiger partial charge on any atom is -0.394 e. The van der Waals surface area contributed by atoms with Crippen LogP contribution in [0, 0.1) is 17.8 Å². The highest BCUT2D eigenvalue weighted by Crippen LogP contribution is 2.66. The summed E-state index contributed by atoms with van der Waals surface area (Å²) in [6, 6.07) is 15.2. The van der Waals surface area contributed by atoms with Crippen molar-refractivity contribution in [2.45, 2.75) is 48.8 Å². The van der Waals surface area contributed by atoms with E-state index in [0.717, 1.165) is 5.69 Å². The van der Waals surface area contributed by atoms with Crippen molar-refractivity contribution in [3.8, 4) is 0 Å². The van der Waals surface area contributed by atoms with Gasteiger partial charge in [-0.05, 0) is 43.5 Å². The maximum absolute atomic E-state index is 14.8. The first kappa shape index (κ1) is 29.0. The van der Waals surface area contributed by atoms with Gasteiger partial charge in [-0.15, -0.1) is 11.8 Å². The molecular weight excluding hydrogens is 570 g/mol. The molecule has 0 aliphatic carbocycles. The van der Waals surface area contributed by atoms with Gasteiger partial charge in [0.2, 0.25) is 11.8 Å². The maximum Gasteiger partial charge on any atom is 0.251 e. The van der Waals surface area contributed by atoms with Crippen molar-refractivity contribution in [1.82, 2.24) is 4.90 Å². The molecule has 6 atom stereocenters. The van der Waals surface area contributed by atoms with Crippen LogP contribution in [0.4, 0.5) is 11.4 Å². The van der Waals surface area contributed by atoms with Crippen LogP contribution in [0.3, 0.4) is 0 Å². The Morgan fingerprint density at radius 2 is 1.57 bits per heavy atom. The lowest BCUT2D eigenvalue weighted by atomic mass is 9.74. The van der Waals surface area contributed by atoms with Crippen LogP contribution in [0.1, 0.15) is 27.2 Å². The molecule has 0 radical (unpaired) electrons. The van der Waals surface area contributed by atoms with Crippen molar-refractivity contribution in [3.05, 3.63) is 83.9 Å². The third-order valence-electron chi connectivity index (χ3n) is 9.05. The Balaban J connectivity index is 1.51. The van der Waals surface area contributed by atoms with E-state index in [0.29, 0.717) is 23.7 Å². The highest BCUT2D eigenvalue weighted by molar-refractivity contribution is 8.02. The molecule has 6 rings (SSSR count). The Hall–Kier alpha value is -3.07. The number of para-hydroxylation sites is 2. The Kier molecular flexibility index (Phi) is 7.52. The van der Waals surface area contributed by atoms with E-state index >= 15 is 0 Å². The number of anilines is 2. The molecule has 2 aromatic carbocycles. The van der Waals surface area contributed by atoms with Crippen molar-refractivity contribution in [1.29, 1.82) is 0 Å². The lowest BCUT2D eigenvalue weighted by Gasteiger charge is -2.40. The molecule has 1 spiro atoms. The average molecular weight is 606 g/mol. The molecule has 3 amide bonds. The molecule has 9 heteroatoms. The number of aliphatic hydroxyl groups is 1. The predicted octanol–water partition coefficient (Wildman–Crippen LogP) is 4.94. The van der Waals surface area contributed by atoms with Gasteiger partial charge in [0.05, 0.1) is 39.9 Å². The molecule has 0 aromatic heterocycles. The van der Waals surface area contributed by atoms with E-state index in [4.69, 9.17) is 11.6 Å². The number of thioether (sulfide) groups is 1. The van der Waals surface area contributed by atoms with Crippen LogP contribution in [-0.4, -0.2) is 69.0 Å². The summed E-state index contributed by atoms with van der Waals surface area (Å²) in [4.78, 5) is 49.0. The Morgan fingerprint density at radius 3 is 2.26 bits per heavy atom. The summed E-state index contributed by atoms with van der Waals surface area (Å²) in [7, 11) is 0. The van der Waals surface area contributed by atoms with Gasteiger partial charge in [0.1, 0.15) is 6.04 Å². The van der Waals surface area contributed by atoms with Gasteiger partial charge in [-0.3, -0.25) is 14.4 Å². The van der Waals surface area contributed by atoms with Crippen molar-refractivity contribution in [3.63, 3.8) is 0 Å². The zero-order valence-electron chi connectivity index (χ0n) is 24.0. The van der Waals surface area contributed by atoms with Gasteiger partial charge in [0.15, 0.2) is 0 Å². The molecule has 1 N–H and O–H groups in total. The van der Waals surface area contributed by atoms with Crippen LogP contribution < -0.4 is 9.80 Å². The van der Waals surface area contributed by atoms with Crippen molar-refractivity contribution < 1.29 is 19.5 Å². The summed E-state index contributed by atoms with van der Waals surface area (Å²) in [5, 5.41) is 11.0. The lowest BCUT2D eigenvalue weighted by Crippen LogP contribution is -2.57. The van der Waals surface area contributed by atoms with Gasteiger partial charge in [-0.25, -0.2) is 0 Å². The first-order valence-corrected chi connectivity index (χ1v) is 15.7. The van der Waals surface area contributed by atoms with Crippen molar-refractivity contribution in [2.24, 2.45) is 17.8 Å². The summed E-state index contributed by atoms with van der Waals surface area (Å²) in [5.41, 5.74) is 1.34. The molecule has 4 aliphatic rings. The van der Waals surface area contributed by atoms with Crippen molar-refractivity contribution >= 4 is 52.5 Å². The first-order chi connectivity index (χ1) is 20.1. The number of benzene rings is 2. The molecule has 0 saturated carbocycles. The highest BCUT2D eigenvalue weighted by atomic mass is 35.5. The standard InChI is InChI=1S/C33H36ClN3O4S/c1-21(2)19-23(20-38)37-28-31(41)36(25-14-8-7-13-24(25)34)18-10-16-33(28)27(30(37)40)26-29(39)35(22-11-5-4-6-12-22)17-9-15-32(26,3)42-33/h4-16,21,23,26-28,38H,17-20H2,1-3H3/t23-,26-,27+,28?,32+,33+/m1/s1. The molecule has 42 heavy (non-hydrogen) atoms. The number of amides is 3. The fourth-order valence-corrected chi connectivity index (χ4v) is 9.78. The number of rotatable bonds is 6. The number of hydrogen-bond acceptors (Lipinski definition) is 5. The smallest absolute Gasteiger partial charge is 0.251 e. The molecule has 4 heterocycles. The van der Waals surface area contributed by atoms with Crippen LogP contribution in [0.25, 0.3) is 0 Å². The number of aliphatic hydroxyl groups excluding tert-OH is 1. The second-order valence-corrected chi connectivity index (χ2v) is 14.4. The molecule has 7 nitrogen and oxygen atoms in total. The quantitative estimate of drug-likeness (QED) is 0.472. The normalized spacial score (nSPS) is 31.2. The monoisotopic (exact) mass is 605 g/mol. The van der Waals surface area contributed by atoms with Gasteiger partial charge in [0, 0.05) is 23.5 Å². The van der Waals surface area contributed by atoms with E-state index in [1.54, 1.807) is 38.6 Å². The SMILES string of the molecule is CC(C)C[C@H](CO)N1C(=O)[C@@H]2[C@@H]3C(=O)N(c4ccccc4)CC=C[C@]3(C)S[C@@]23C=CCN(c2ccccc2Cl)C(=O)C13. The van der Waals surface area contributed by atoms with Crippen LogP contribution in [-0.2, 0) is 14.4 Å². The van der Waals surface area contributed by atoms with E-state index in [1.807, 2.05) is 81.5 Å². The Morgan fingerprint density at radius 1 is 0.905 bits per heavy atom. The zero-order chi connectivity index (χ0) is 29.8. The van der Waals surface area contributed by atoms with Crippen LogP contribution in [0.15, 0.2) is 78.9 Å². The maximum atomic E-state index is 14.8. The average Bonchev–Trinajstić information content (AvgIpc) is 3.24. The number of halogens is 1. The minimum absolute atomic E-state index is 0.130. The summed E-state index contributed by atoms with van der Waals surface area (Å²) < 4.78 is -1.73. The molecular formula is C33H36ClN3O4S. The van der Waals surface area contributed by atoms with E-state index in [1.165, 1.54) is 0 Å². The second-order valence-electron chi connectivity index (χ2n) is 12.2. The van der Waals surface area contributed by atoms with Gasteiger partial charge in [-0.1, -0.05) is 80.1 Å². The third kappa shape index (κ3) is 4.41. The van der Waals surface area contributed by atoms with Gasteiger partial charge in [-0.2, -0.15) is 0 Å². The third-order valence-corrected chi connectivity index (χ3v) is 11.2. The predicted molar refractivity (Wildman–Crippen MR) is 168 cm³/mol. The molecule has 2 aromatic rings. The van der Waals surface area contributed by atoms with Crippen LogP contribution in [0.5, 0.6) is 0 Å². The zero-order valence-corrected chi connectivity index (χ0v) is 25.6. The van der Waals surface area contributed by atoms with Crippen LogP contribution in [0.2, 0.25) is 5.02 Å². The number of likely N-dealkylation sites (tertiary alicyclic amines) is 1. The fourth-order valence-electron chi connectivity index (χ4n) is 7.40. The molecule has 2 saturated heterocycles. The van der Waals surface area contributed by atoms with E-state index < -0.39 is 33.4 Å². The topological polar surface area (TPSA) is 81.2 Å². The number of fused-ring (bicyclic) bond motifs is 2. The van der Waals surface area contributed by atoms with Gasteiger partial charge in [0.25, 0.3) is 5.91 Å². The minimum atomic E-state index is -1.01. The summed E-state index contributed by atoms with van der Waals surface area (Å²) >= 11 is 8.12. The number of hydrogen-bond donors (Lipinski definition) is 1. The van der Waals surface area contributed by atoms with E-state index in [9.17, 15) is 19.5 Å². The summed E-state index contributed by atoms with van der Waals surface area (Å²) in [6.07, 6.45) is 8.52. The number of carbonyl (C=O) groups is 3. The van der Waals surface area contributed by atoms with E-state index in [-0.39, 0.29) is 36.8 Å². The van der Waals surface area contributed by atoms with Gasteiger partial charge >= 0.3 is 0 Å². The fraction of sp³-hybridized carbons (Fsp3) is 0.424. The molecule has 220 valence electrons. The largest absolute Gasteiger partial charge is 0.394 e. The van der Waals surface area contributed by atoms with Crippen molar-refractivity contribution in [2.75, 3.05) is 29.5 Å². The highest BCUT2D eigenvalue weighted by Gasteiger charge is 2.74. The molecule has 4 aliphatic heterocycles. The van der Waals surface area contributed by atoms with E-state index in [2.05, 4.69) is 6.08 Å². The van der Waals surface area contributed by atoms with Crippen LogP contribution >= 0.6 is 23.4 Å². The Bertz CT molecular complexity index is 1460. The van der Waals surface area contributed by atoms with Gasteiger partial charge < -0.3 is 19.8 Å². The molecule has 1 unspecified atom stereocenters. The lowest BCUT2D eigenvalue weighted by molar-refractivity contribution is -0.142. The second kappa shape index (κ2) is 10.9. The Labute approximate surface area is 256 Å². The number of carbonyl (C=O) groups excluding carboxylic acids is 3. The summed E-state index contributed by atoms with van der Waals surface area (Å²) in [6.45, 7) is 6.49.